The van der Waals surface area contributed by atoms with Gasteiger partial charge in [-0.3, -0.25) is 9.10 Å². The van der Waals surface area contributed by atoms with Crippen LogP contribution in [0.3, 0.4) is 0 Å². The topological polar surface area (TPSA) is 69.7 Å². The molecule has 0 spiro atoms. The predicted molar refractivity (Wildman–Crippen MR) is 113 cm³/mol. The molecular weight excluding hydrogens is 374 g/mol. The van der Waals surface area contributed by atoms with Gasteiger partial charge >= 0.3 is 0 Å². The van der Waals surface area contributed by atoms with Gasteiger partial charge in [-0.05, 0) is 75.7 Å². The minimum atomic E-state index is -3.28. The van der Waals surface area contributed by atoms with E-state index in [1.807, 2.05) is 13.0 Å². The third-order valence-corrected chi connectivity index (χ3v) is 7.62. The first kappa shape index (κ1) is 21.1. The molecule has 1 amide bonds. The summed E-state index contributed by atoms with van der Waals surface area (Å²) in [5.74, 6) is 0.806. The van der Waals surface area contributed by atoms with Crippen LogP contribution >= 0.6 is 0 Å². The lowest BCUT2D eigenvalue weighted by molar-refractivity contribution is 0.0950. The summed E-state index contributed by atoms with van der Waals surface area (Å²) in [6, 6.07) is 5.33. The second-order valence-electron chi connectivity index (χ2n) is 8.25. The highest BCUT2D eigenvalue weighted by atomic mass is 32.2. The monoisotopic (exact) mass is 407 g/mol. The molecule has 0 unspecified atom stereocenters. The Kier molecular flexibility index (Phi) is 6.99. The SMILES string of the molecule is Cc1ccc(C(=O)NCCCN2CCC[C@@H](C)C2)cc1N1CCCCS1(=O)=O. The van der Waals surface area contributed by atoms with Crippen LogP contribution in [0.2, 0.25) is 0 Å². The molecule has 0 bridgehead atoms. The number of rotatable bonds is 6. The molecule has 6 nitrogen and oxygen atoms in total. The Morgan fingerprint density at radius 2 is 2.04 bits per heavy atom. The summed E-state index contributed by atoms with van der Waals surface area (Å²) in [5.41, 5.74) is 2.03. The lowest BCUT2D eigenvalue weighted by Crippen LogP contribution is -2.38. The van der Waals surface area contributed by atoms with Crippen LogP contribution in [-0.2, 0) is 10.0 Å². The average molecular weight is 408 g/mol. The number of hydrogen-bond donors (Lipinski definition) is 1. The van der Waals surface area contributed by atoms with Crippen molar-refractivity contribution in [1.82, 2.24) is 10.2 Å². The van der Waals surface area contributed by atoms with E-state index in [0.29, 0.717) is 30.8 Å². The second kappa shape index (κ2) is 9.27. The van der Waals surface area contributed by atoms with Gasteiger partial charge < -0.3 is 10.2 Å². The third-order valence-electron chi connectivity index (χ3n) is 5.77. The second-order valence-corrected chi connectivity index (χ2v) is 10.3. The molecule has 2 aliphatic rings. The van der Waals surface area contributed by atoms with E-state index in [-0.39, 0.29) is 11.7 Å². The van der Waals surface area contributed by atoms with Crippen molar-refractivity contribution in [2.75, 3.05) is 42.8 Å². The Balaban J connectivity index is 1.57. The van der Waals surface area contributed by atoms with Gasteiger partial charge in [-0.15, -0.1) is 0 Å². The fraction of sp³-hybridized carbons (Fsp3) is 0.667. The van der Waals surface area contributed by atoms with Gasteiger partial charge in [0.25, 0.3) is 5.91 Å². The number of piperidine rings is 1. The number of carbonyl (C=O) groups excluding carboxylic acids is 1. The molecule has 0 aromatic heterocycles. The highest BCUT2D eigenvalue weighted by Crippen LogP contribution is 2.28. The fourth-order valence-corrected chi connectivity index (χ4v) is 5.87. The first-order valence-corrected chi connectivity index (χ1v) is 12.1. The van der Waals surface area contributed by atoms with Crippen molar-refractivity contribution >= 4 is 21.6 Å². The molecule has 156 valence electrons. The number of likely N-dealkylation sites (tertiary alicyclic amines) is 1. The molecule has 1 N–H and O–H groups in total. The minimum absolute atomic E-state index is 0.136. The highest BCUT2D eigenvalue weighted by molar-refractivity contribution is 7.92. The average Bonchev–Trinajstić information content (AvgIpc) is 2.65. The van der Waals surface area contributed by atoms with Gasteiger partial charge in [0, 0.05) is 25.2 Å². The molecule has 28 heavy (non-hydrogen) atoms. The standard InChI is InChI=1S/C21H33N3O3S/c1-17-7-5-11-23(16-17)12-6-10-22-21(25)19-9-8-18(2)20(15-19)24-13-3-4-14-28(24,26)27/h8-9,15,17H,3-7,10-14,16H2,1-2H3,(H,22,25)/t17-/m1/s1. The molecule has 1 aromatic carbocycles. The van der Waals surface area contributed by atoms with Crippen molar-refractivity contribution in [1.29, 1.82) is 0 Å². The molecule has 2 aliphatic heterocycles. The summed E-state index contributed by atoms with van der Waals surface area (Å²) >= 11 is 0. The Morgan fingerprint density at radius 3 is 2.79 bits per heavy atom. The first-order valence-electron chi connectivity index (χ1n) is 10.5. The quantitative estimate of drug-likeness (QED) is 0.736. The summed E-state index contributed by atoms with van der Waals surface area (Å²) in [6.45, 7) is 8.63. The van der Waals surface area contributed by atoms with Gasteiger partial charge in [-0.1, -0.05) is 13.0 Å². The molecule has 1 aromatic rings. The normalized spacial score (nSPS) is 22.8. The van der Waals surface area contributed by atoms with Crippen LogP contribution in [0.4, 0.5) is 5.69 Å². The van der Waals surface area contributed by atoms with E-state index in [1.165, 1.54) is 17.1 Å². The van der Waals surface area contributed by atoms with Crippen LogP contribution in [0.25, 0.3) is 0 Å². The maximum Gasteiger partial charge on any atom is 0.251 e. The Labute approximate surface area is 169 Å². The highest BCUT2D eigenvalue weighted by Gasteiger charge is 2.27. The smallest absolute Gasteiger partial charge is 0.251 e. The van der Waals surface area contributed by atoms with E-state index >= 15 is 0 Å². The maximum absolute atomic E-state index is 12.6. The van der Waals surface area contributed by atoms with Gasteiger partial charge in [-0.2, -0.15) is 0 Å². The molecule has 0 saturated carbocycles. The largest absolute Gasteiger partial charge is 0.352 e. The van der Waals surface area contributed by atoms with E-state index < -0.39 is 10.0 Å². The van der Waals surface area contributed by atoms with Crippen molar-refractivity contribution < 1.29 is 13.2 Å². The van der Waals surface area contributed by atoms with Crippen LogP contribution in [0.5, 0.6) is 0 Å². The number of nitrogens with one attached hydrogen (secondary N) is 1. The summed E-state index contributed by atoms with van der Waals surface area (Å²) in [7, 11) is -3.28. The lowest BCUT2D eigenvalue weighted by Gasteiger charge is -2.30. The molecular formula is C21H33N3O3S. The fourth-order valence-electron chi connectivity index (χ4n) is 4.18. The molecule has 1 atom stereocenters. The van der Waals surface area contributed by atoms with Crippen molar-refractivity contribution in [3.05, 3.63) is 29.3 Å². The van der Waals surface area contributed by atoms with Crippen molar-refractivity contribution in [2.45, 2.75) is 46.0 Å². The number of hydrogen-bond acceptors (Lipinski definition) is 4. The summed E-state index contributed by atoms with van der Waals surface area (Å²) in [6.07, 6.45) is 5.06. The molecule has 2 saturated heterocycles. The van der Waals surface area contributed by atoms with E-state index in [1.54, 1.807) is 12.1 Å². The van der Waals surface area contributed by atoms with Crippen molar-refractivity contribution in [3.8, 4) is 0 Å². The number of benzene rings is 1. The van der Waals surface area contributed by atoms with Gasteiger partial charge in [0.05, 0.1) is 11.4 Å². The number of anilines is 1. The molecule has 2 fully saturated rings. The van der Waals surface area contributed by atoms with E-state index in [9.17, 15) is 13.2 Å². The van der Waals surface area contributed by atoms with Crippen LogP contribution in [0, 0.1) is 12.8 Å². The van der Waals surface area contributed by atoms with Crippen LogP contribution in [0.15, 0.2) is 18.2 Å². The molecule has 7 heteroatoms. The van der Waals surface area contributed by atoms with Crippen molar-refractivity contribution in [2.24, 2.45) is 5.92 Å². The van der Waals surface area contributed by atoms with Crippen LogP contribution in [0.1, 0.15) is 54.9 Å². The van der Waals surface area contributed by atoms with Gasteiger partial charge in [0.1, 0.15) is 0 Å². The first-order chi connectivity index (χ1) is 13.4. The zero-order valence-corrected chi connectivity index (χ0v) is 17.9. The summed E-state index contributed by atoms with van der Waals surface area (Å²) < 4.78 is 26.3. The van der Waals surface area contributed by atoms with E-state index in [2.05, 4.69) is 17.1 Å². The van der Waals surface area contributed by atoms with Gasteiger partial charge in [0.15, 0.2) is 0 Å². The summed E-state index contributed by atoms with van der Waals surface area (Å²) in [4.78, 5) is 15.0. The maximum atomic E-state index is 12.6. The van der Waals surface area contributed by atoms with Gasteiger partial charge in [0.2, 0.25) is 10.0 Å². The zero-order chi connectivity index (χ0) is 20.1. The number of nitrogens with zero attached hydrogens (tertiary/aromatic N) is 2. The summed E-state index contributed by atoms with van der Waals surface area (Å²) in [5, 5.41) is 2.99. The Hall–Kier alpha value is -1.60. The van der Waals surface area contributed by atoms with Crippen LogP contribution < -0.4 is 9.62 Å². The Morgan fingerprint density at radius 1 is 1.21 bits per heavy atom. The molecule has 2 heterocycles. The molecule has 0 radical (unpaired) electrons. The zero-order valence-electron chi connectivity index (χ0n) is 17.1. The third kappa shape index (κ3) is 5.26. The van der Waals surface area contributed by atoms with Crippen molar-refractivity contribution in [3.63, 3.8) is 0 Å². The minimum Gasteiger partial charge on any atom is -0.352 e. The number of aryl methyl sites for hydroxylation is 1. The molecule has 3 rings (SSSR count). The number of carbonyl (C=O) groups is 1. The van der Waals surface area contributed by atoms with E-state index in [4.69, 9.17) is 0 Å². The predicted octanol–water partition coefficient (Wildman–Crippen LogP) is 2.78. The Bertz CT molecular complexity index is 794. The lowest BCUT2D eigenvalue weighted by atomic mass is 10.0. The number of sulfonamides is 1. The van der Waals surface area contributed by atoms with Gasteiger partial charge in [-0.25, -0.2) is 8.42 Å². The number of amides is 1. The van der Waals surface area contributed by atoms with Crippen LogP contribution in [-0.4, -0.2) is 57.7 Å². The van der Waals surface area contributed by atoms with E-state index in [0.717, 1.165) is 44.0 Å². The molecule has 0 aliphatic carbocycles.